The van der Waals surface area contributed by atoms with Gasteiger partial charge in [0.1, 0.15) is 17.1 Å². The average molecular weight is 407 g/mol. The topological polar surface area (TPSA) is 56.1 Å². The summed E-state index contributed by atoms with van der Waals surface area (Å²) in [6, 6.07) is 29.6. The zero-order valence-electron chi connectivity index (χ0n) is 16.9. The minimum absolute atomic E-state index is 0.229. The van der Waals surface area contributed by atoms with Gasteiger partial charge < -0.3 is 4.42 Å². The molecule has 0 saturated heterocycles. The van der Waals surface area contributed by atoms with E-state index in [1.165, 1.54) is 9.13 Å². The summed E-state index contributed by atoms with van der Waals surface area (Å²) in [4.78, 5) is 27.1. The molecule has 0 N–H and O–H groups in total. The molecule has 0 spiro atoms. The maximum atomic E-state index is 13.6. The molecule has 3 aromatic carbocycles. The summed E-state index contributed by atoms with van der Waals surface area (Å²) < 4.78 is 8.87. The van der Waals surface area contributed by atoms with Gasteiger partial charge in [-0.25, -0.2) is 4.79 Å². The van der Waals surface area contributed by atoms with Gasteiger partial charge in [0.25, 0.3) is 0 Å². The molecule has 2 aliphatic heterocycles. The first-order chi connectivity index (χ1) is 15.1. The molecule has 0 aromatic heterocycles. The van der Waals surface area contributed by atoms with Crippen LogP contribution in [0.4, 0.5) is 0 Å². The number of fused-ring (bicyclic) bond motifs is 1. The molecule has 2 heterocycles. The maximum Gasteiger partial charge on any atom is 0.514 e. The molecule has 5 heteroatoms. The number of hydrogen-bond donors (Lipinski definition) is 0. The number of benzene rings is 3. The molecule has 0 bridgehead atoms. The van der Waals surface area contributed by atoms with E-state index in [9.17, 15) is 9.59 Å². The van der Waals surface area contributed by atoms with Crippen molar-refractivity contribution in [3.8, 4) is 34.2 Å². The SMILES string of the molecule is Cc1cc(-c2ccccc2)oc2[n+](-c3ccccc3)c(=O)n(-c3ccccc3)c(=O)c1-2. The van der Waals surface area contributed by atoms with Crippen molar-refractivity contribution in [3.63, 3.8) is 0 Å². The Morgan fingerprint density at radius 3 is 2.00 bits per heavy atom. The molecule has 0 aliphatic carbocycles. The number of hydrogen-bond acceptors (Lipinski definition) is 3. The first-order valence-electron chi connectivity index (χ1n) is 9.97. The Morgan fingerprint density at radius 1 is 0.774 bits per heavy atom. The van der Waals surface area contributed by atoms with Crippen LogP contribution in [0.5, 0.6) is 0 Å². The summed E-state index contributed by atoms with van der Waals surface area (Å²) in [6.07, 6.45) is 0. The molecule has 31 heavy (non-hydrogen) atoms. The zero-order valence-corrected chi connectivity index (χ0v) is 16.9. The van der Waals surface area contributed by atoms with E-state index in [-0.39, 0.29) is 5.89 Å². The van der Waals surface area contributed by atoms with E-state index in [2.05, 4.69) is 0 Å². The first kappa shape index (κ1) is 18.8. The summed E-state index contributed by atoms with van der Waals surface area (Å²) in [5, 5.41) is 0. The van der Waals surface area contributed by atoms with Crippen molar-refractivity contribution in [2.75, 3.05) is 0 Å². The molecule has 0 unspecified atom stereocenters. The number of aromatic nitrogens is 2. The van der Waals surface area contributed by atoms with Crippen molar-refractivity contribution in [1.82, 2.24) is 4.57 Å². The van der Waals surface area contributed by atoms with Crippen molar-refractivity contribution >= 4 is 0 Å². The second kappa shape index (κ2) is 7.54. The van der Waals surface area contributed by atoms with Gasteiger partial charge in [-0.2, -0.15) is 4.79 Å². The van der Waals surface area contributed by atoms with Crippen LogP contribution in [0.2, 0.25) is 0 Å². The van der Waals surface area contributed by atoms with Crippen molar-refractivity contribution in [3.05, 3.63) is 123 Å². The van der Waals surface area contributed by atoms with Crippen LogP contribution in [0, 0.1) is 6.92 Å². The van der Waals surface area contributed by atoms with Crippen LogP contribution in [0.15, 0.2) is 111 Å². The average Bonchev–Trinajstić information content (AvgIpc) is 2.81. The van der Waals surface area contributed by atoms with E-state index in [1.807, 2.05) is 79.7 Å². The van der Waals surface area contributed by atoms with Crippen LogP contribution in [-0.4, -0.2) is 4.57 Å². The standard InChI is InChI=1S/C26H19N2O3/c1-18-17-22(19-11-5-2-6-12-19)31-25-23(18)24(29)27(20-13-7-3-8-14-20)26(30)28(25)21-15-9-4-10-16-21/h2-17H,1H3/q+1. The summed E-state index contributed by atoms with van der Waals surface area (Å²) in [7, 11) is 0. The van der Waals surface area contributed by atoms with Crippen LogP contribution in [0.1, 0.15) is 5.56 Å². The predicted molar refractivity (Wildman–Crippen MR) is 119 cm³/mol. The highest BCUT2D eigenvalue weighted by Gasteiger charge is 2.33. The number of aryl methyl sites for hydroxylation is 1. The molecule has 0 atom stereocenters. The summed E-state index contributed by atoms with van der Waals surface area (Å²) in [5.74, 6) is 0.818. The summed E-state index contributed by atoms with van der Waals surface area (Å²) in [5.41, 5.74) is 2.21. The van der Waals surface area contributed by atoms with E-state index in [4.69, 9.17) is 4.42 Å². The Morgan fingerprint density at radius 2 is 1.35 bits per heavy atom. The fourth-order valence-electron chi connectivity index (χ4n) is 3.78. The highest BCUT2D eigenvalue weighted by molar-refractivity contribution is 5.65. The van der Waals surface area contributed by atoms with Gasteiger partial charge >= 0.3 is 17.1 Å². The summed E-state index contributed by atoms with van der Waals surface area (Å²) in [6.45, 7) is 1.86. The van der Waals surface area contributed by atoms with Crippen molar-refractivity contribution in [1.29, 1.82) is 0 Å². The van der Waals surface area contributed by atoms with Crippen LogP contribution in [0.25, 0.3) is 34.2 Å². The molecule has 0 amide bonds. The van der Waals surface area contributed by atoms with Gasteiger partial charge in [-0.3, -0.25) is 0 Å². The molecule has 150 valence electrons. The normalized spacial score (nSPS) is 11.0. The van der Waals surface area contributed by atoms with Gasteiger partial charge in [0.05, 0.1) is 0 Å². The van der Waals surface area contributed by atoms with Gasteiger partial charge in [0.2, 0.25) is 0 Å². The van der Waals surface area contributed by atoms with Crippen LogP contribution < -0.4 is 15.8 Å². The Balaban J connectivity index is 1.94. The van der Waals surface area contributed by atoms with E-state index in [1.54, 1.807) is 24.3 Å². The van der Waals surface area contributed by atoms with Gasteiger partial charge in [-0.15, -0.1) is 9.13 Å². The van der Waals surface area contributed by atoms with Gasteiger partial charge in [0, 0.05) is 5.56 Å². The third kappa shape index (κ3) is 3.16. The number of rotatable bonds is 3. The molecule has 0 saturated carbocycles. The molecule has 5 rings (SSSR count). The lowest BCUT2D eigenvalue weighted by Crippen LogP contribution is -2.58. The van der Waals surface area contributed by atoms with Crippen molar-refractivity contribution in [2.45, 2.75) is 6.92 Å². The number of nitrogens with zero attached hydrogens (tertiary/aromatic N) is 2. The van der Waals surface area contributed by atoms with Crippen molar-refractivity contribution < 1.29 is 8.98 Å². The summed E-state index contributed by atoms with van der Waals surface area (Å²) >= 11 is 0. The lowest BCUT2D eigenvalue weighted by Gasteiger charge is -2.13. The van der Waals surface area contributed by atoms with E-state index in [0.717, 1.165) is 11.1 Å². The molecule has 3 aromatic rings. The number of para-hydroxylation sites is 2. The Labute approximate surface area is 178 Å². The maximum absolute atomic E-state index is 13.6. The quantitative estimate of drug-likeness (QED) is 0.422. The third-order valence-electron chi connectivity index (χ3n) is 5.25. The molecule has 5 nitrogen and oxygen atoms in total. The fraction of sp³-hybridized carbons (Fsp3) is 0.0385. The minimum atomic E-state index is -0.483. The van der Waals surface area contributed by atoms with E-state index >= 15 is 0 Å². The second-order valence-electron chi connectivity index (χ2n) is 7.27. The predicted octanol–water partition coefficient (Wildman–Crippen LogP) is 4.15. The Bertz CT molecular complexity index is 1450. The van der Waals surface area contributed by atoms with Crippen LogP contribution >= 0.6 is 0 Å². The van der Waals surface area contributed by atoms with Gasteiger partial charge in [-0.1, -0.05) is 66.7 Å². The Kier molecular flexibility index (Phi) is 4.56. The van der Waals surface area contributed by atoms with Gasteiger partial charge in [0.15, 0.2) is 5.56 Å². The second-order valence-corrected chi connectivity index (χ2v) is 7.27. The largest absolute Gasteiger partial charge is 0.514 e. The lowest BCUT2D eigenvalue weighted by molar-refractivity contribution is -0.614. The molecule has 0 radical (unpaired) electrons. The third-order valence-corrected chi connectivity index (χ3v) is 5.25. The van der Waals surface area contributed by atoms with Crippen molar-refractivity contribution in [2.24, 2.45) is 0 Å². The first-order valence-corrected chi connectivity index (χ1v) is 9.97. The van der Waals surface area contributed by atoms with Crippen LogP contribution in [0.3, 0.4) is 0 Å². The molecule has 2 aliphatic rings. The highest BCUT2D eigenvalue weighted by atomic mass is 16.4. The van der Waals surface area contributed by atoms with E-state index < -0.39 is 11.2 Å². The molecular formula is C26H19N2O3+. The smallest absolute Gasteiger partial charge is 0.421 e. The zero-order chi connectivity index (χ0) is 21.4. The van der Waals surface area contributed by atoms with Crippen LogP contribution in [-0.2, 0) is 0 Å². The highest BCUT2D eigenvalue weighted by Crippen LogP contribution is 2.28. The van der Waals surface area contributed by atoms with E-state index in [0.29, 0.717) is 22.7 Å². The Hall–Kier alpha value is -4.25. The van der Waals surface area contributed by atoms with Gasteiger partial charge in [-0.05, 0) is 42.8 Å². The fourth-order valence-corrected chi connectivity index (χ4v) is 3.78. The lowest BCUT2D eigenvalue weighted by atomic mass is 10.1. The monoisotopic (exact) mass is 407 g/mol. The minimum Gasteiger partial charge on any atom is -0.421 e. The molecular weight excluding hydrogens is 388 g/mol. The molecule has 0 fully saturated rings.